The van der Waals surface area contributed by atoms with Gasteiger partial charge in [0, 0.05) is 12.3 Å². The fraction of sp³-hybridized carbons (Fsp3) is 0.333. The van der Waals surface area contributed by atoms with E-state index in [0.29, 0.717) is 18.8 Å². The SMILES string of the molecule is COc1ccc(OCCn2ccc(=O)c(OC(C)C(N)=O)c2C)cc1. The quantitative estimate of drug-likeness (QED) is 0.782. The fourth-order valence-electron chi connectivity index (χ4n) is 2.21. The van der Waals surface area contributed by atoms with Crippen molar-refractivity contribution in [2.75, 3.05) is 13.7 Å². The highest BCUT2D eigenvalue weighted by Gasteiger charge is 2.16. The molecule has 1 atom stereocenters. The van der Waals surface area contributed by atoms with Crippen molar-refractivity contribution in [3.63, 3.8) is 0 Å². The number of hydrogen-bond acceptors (Lipinski definition) is 5. The Morgan fingerprint density at radius 1 is 1.20 bits per heavy atom. The lowest BCUT2D eigenvalue weighted by Crippen LogP contribution is -2.33. The molecule has 2 aromatic rings. The van der Waals surface area contributed by atoms with Crippen LogP contribution in [0, 0.1) is 6.92 Å². The molecule has 0 aliphatic heterocycles. The number of amides is 1. The van der Waals surface area contributed by atoms with Crippen LogP contribution in [0.4, 0.5) is 0 Å². The number of ether oxygens (including phenoxy) is 3. The molecule has 1 aromatic carbocycles. The Labute approximate surface area is 145 Å². The molecular formula is C18H22N2O5. The van der Waals surface area contributed by atoms with Crippen LogP contribution in [0.15, 0.2) is 41.3 Å². The minimum Gasteiger partial charge on any atom is -0.497 e. The minimum absolute atomic E-state index is 0.123. The zero-order valence-electron chi connectivity index (χ0n) is 14.5. The van der Waals surface area contributed by atoms with Crippen molar-refractivity contribution in [3.05, 3.63) is 52.4 Å². The van der Waals surface area contributed by atoms with E-state index in [1.54, 1.807) is 20.2 Å². The minimum atomic E-state index is -0.877. The molecule has 2 rings (SSSR count). The summed E-state index contributed by atoms with van der Waals surface area (Å²) in [5.74, 6) is 0.975. The second-order valence-corrected chi connectivity index (χ2v) is 5.47. The van der Waals surface area contributed by atoms with Gasteiger partial charge >= 0.3 is 0 Å². The number of methoxy groups -OCH3 is 1. The Kier molecular flexibility index (Phi) is 6.05. The van der Waals surface area contributed by atoms with E-state index >= 15 is 0 Å². The maximum absolute atomic E-state index is 12.0. The number of carbonyl (C=O) groups excluding carboxylic acids is 1. The lowest BCUT2D eigenvalue weighted by Gasteiger charge is -2.17. The fourth-order valence-corrected chi connectivity index (χ4v) is 2.21. The van der Waals surface area contributed by atoms with Gasteiger partial charge in [-0.1, -0.05) is 0 Å². The van der Waals surface area contributed by atoms with Gasteiger partial charge in [0.25, 0.3) is 5.91 Å². The number of rotatable bonds is 8. The van der Waals surface area contributed by atoms with E-state index in [-0.39, 0.29) is 11.2 Å². The van der Waals surface area contributed by atoms with Gasteiger partial charge in [-0.05, 0) is 38.1 Å². The van der Waals surface area contributed by atoms with Crippen LogP contribution in [-0.2, 0) is 11.3 Å². The first-order chi connectivity index (χ1) is 11.9. The Balaban J connectivity index is 2.04. The molecule has 7 heteroatoms. The van der Waals surface area contributed by atoms with Crippen LogP contribution in [0.3, 0.4) is 0 Å². The van der Waals surface area contributed by atoms with Gasteiger partial charge in [0.2, 0.25) is 5.43 Å². The van der Waals surface area contributed by atoms with E-state index < -0.39 is 12.0 Å². The number of nitrogens with two attached hydrogens (primary N) is 1. The third-order valence-corrected chi connectivity index (χ3v) is 3.74. The summed E-state index contributed by atoms with van der Waals surface area (Å²) in [5.41, 5.74) is 5.50. The summed E-state index contributed by atoms with van der Waals surface area (Å²) in [6, 6.07) is 8.66. The molecule has 0 aliphatic carbocycles. The second-order valence-electron chi connectivity index (χ2n) is 5.47. The molecule has 1 amide bonds. The highest BCUT2D eigenvalue weighted by molar-refractivity contribution is 5.78. The van der Waals surface area contributed by atoms with Gasteiger partial charge in [0.15, 0.2) is 11.9 Å². The van der Waals surface area contributed by atoms with Crippen molar-refractivity contribution in [2.45, 2.75) is 26.5 Å². The highest BCUT2D eigenvalue weighted by Crippen LogP contribution is 2.17. The molecule has 0 aliphatic rings. The first-order valence-corrected chi connectivity index (χ1v) is 7.85. The highest BCUT2D eigenvalue weighted by atomic mass is 16.5. The number of benzene rings is 1. The molecule has 1 heterocycles. The average Bonchev–Trinajstić information content (AvgIpc) is 2.60. The number of primary amides is 1. The Morgan fingerprint density at radius 2 is 1.84 bits per heavy atom. The molecule has 0 saturated heterocycles. The van der Waals surface area contributed by atoms with Crippen LogP contribution in [0.5, 0.6) is 17.2 Å². The largest absolute Gasteiger partial charge is 0.497 e. The monoisotopic (exact) mass is 346 g/mol. The molecular weight excluding hydrogens is 324 g/mol. The van der Waals surface area contributed by atoms with E-state index in [1.807, 2.05) is 28.8 Å². The summed E-state index contributed by atoms with van der Waals surface area (Å²) < 4.78 is 18.0. The van der Waals surface area contributed by atoms with Crippen LogP contribution in [0.25, 0.3) is 0 Å². The summed E-state index contributed by atoms with van der Waals surface area (Å²) >= 11 is 0. The summed E-state index contributed by atoms with van der Waals surface area (Å²) in [6.07, 6.45) is 0.786. The van der Waals surface area contributed by atoms with Crippen molar-refractivity contribution in [1.82, 2.24) is 4.57 Å². The molecule has 0 bridgehead atoms. The van der Waals surface area contributed by atoms with Crippen LogP contribution in [0.1, 0.15) is 12.6 Å². The first kappa shape index (κ1) is 18.4. The molecule has 0 saturated carbocycles. The van der Waals surface area contributed by atoms with Crippen molar-refractivity contribution >= 4 is 5.91 Å². The zero-order chi connectivity index (χ0) is 18.4. The average molecular weight is 346 g/mol. The molecule has 0 radical (unpaired) electrons. The Bertz CT molecular complexity index is 783. The topological polar surface area (TPSA) is 92.8 Å². The number of carbonyl (C=O) groups is 1. The number of hydrogen-bond donors (Lipinski definition) is 1. The smallest absolute Gasteiger partial charge is 0.258 e. The van der Waals surface area contributed by atoms with Gasteiger partial charge < -0.3 is 24.5 Å². The Hall–Kier alpha value is -2.96. The second kappa shape index (κ2) is 8.23. The van der Waals surface area contributed by atoms with E-state index in [2.05, 4.69) is 0 Å². The predicted octanol–water partition coefficient (Wildman–Crippen LogP) is 1.50. The summed E-state index contributed by atoms with van der Waals surface area (Å²) in [4.78, 5) is 23.1. The van der Waals surface area contributed by atoms with Crippen molar-refractivity contribution in [3.8, 4) is 17.2 Å². The van der Waals surface area contributed by atoms with Gasteiger partial charge in [0.1, 0.15) is 18.1 Å². The third-order valence-electron chi connectivity index (χ3n) is 3.74. The van der Waals surface area contributed by atoms with Gasteiger partial charge in [-0.2, -0.15) is 0 Å². The lowest BCUT2D eigenvalue weighted by molar-refractivity contribution is -0.124. The van der Waals surface area contributed by atoms with E-state index in [9.17, 15) is 9.59 Å². The molecule has 1 unspecified atom stereocenters. The van der Waals surface area contributed by atoms with Crippen LogP contribution >= 0.6 is 0 Å². The number of pyridine rings is 1. The molecule has 134 valence electrons. The van der Waals surface area contributed by atoms with E-state index in [1.165, 1.54) is 13.0 Å². The third kappa shape index (κ3) is 4.76. The van der Waals surface area contributed by atoms with Gasteiger partial charge in [-0.3, -0.25) is 9.59 Å². The predicted molar refractivity (Wildman–Crippen MR) is 93.2 cm³/mol. The van der Waals surface area contributed by atoms with Gasteiger partial charge in [-0.25, -0.2) is 0 Å². The molecule has 0 spiro atoms. The van der Waals surface area contributed by atoms with E-state index in [0.717, 1.165) is 11.5 Å². The molecule has 2 N–H and O–H groups in total. The number of nitrogens with zero attached hydrogens (tertiary/aromatic N) is 1. The molecule has 0 fully saturated rings. The van der Waals surface area contributed by atoms with Crippen LogP contribution in [-0.4, -0.2) is 30.3 Å². The van der Waals surface area contributed by atoms with Crippen LogP contribution < -0.4 is 25.4 Å². The number of aromatic nitrogens is 1. The van der Waals surface area contributed by atoms with Crippen LogP contribution in [0.2, 0.25) is 0 Å². The first-order valence-electron chi connectivity index (χ1n) is 7.85. The summed E-state index contributed by atoms with van der Waals surface area (Å²) in [7, 11) is 1.60. The van der Waals surface area contributed by atoms with E-state index in [4.69, 9.17) is 19.9 Å². The van der Waals surface area contributed by atoms with Crippen molar-refractivity contribution < 1.29 is 19.0 Å². The van der Waals surface area contributed by atoms with Gasteiger partial charge in [0.05, 0.1) is 19.3 Å². The Morgan fingerprint density at radius 3 is 2.44 bits per heavy atom. The molecule has 7 nitrogen and oxygen atoms in total. The molecule has 25 heavy (non-hydrogen) atoms. The maximum Gasteiger partial charge on any atom is 0.258 e. The zero-order valence-corrected chi connectivity index (χ0v) is 14.5. The van der Waals surface area contributed by atoms with Crippen molar-refractivity contribution in [1.29, 1.82) is 0 Å². The van der Waals surface area contributed by atoms with Gasteiger partial charge in [-0.15, -0.1) is 0 Å². The van der Waals surface area contributed by atoms with Crippen molar-refractivity contribution in [2.24, 2.45) is 5.73 Å². The standard InChI is InChI=1S/C18H22N2O5/c1-12-17(25-13(2)18(19)22)16(21)8-9-20(12)10-11-24-15-6-4-14(23-3)5-7-15/h4-9,13H,10-11H2,1-3H3,(H2,19,22). The molecule has 1 aromatic heterocycles. The normalized spacial score (nSPS) is 11.6. The summed E-state index contributed by atoms with van der Waals surface area (Å²) in [5, 5.41) is 0. The lowest BCUT2D eigenvalue weighted by atomic mass is 10.3. The maximum atomic E-state index is 12.0. The summed E-state index contributed by atoms with van der Waals surface area (Å²) in [6.45, 7) is 4.17.